The van der Waals surface area contributed by atoms with Crippen LogP contribution in [0, 0.1) is 0 Å². The van der Waals surface area contributed by atoms with E-state index in [9.17, 15) is 9.50 Å². The Hall–Kier alpha value is -2.94. The van der Waals surface area contributed by atoms with Gasteiger partial charge in [0, 0.05) is 64.7 Å². The normalized spacial score (nSPS) is 27.8. The van der Waals surface area contributed by atoms with Crippen molar-refractivity contribution < 1.29 is 14.2 Å². The van der Waals surface area contributed by atoms with Gasteiger partial charge in [-0.15, -0.1) is 11.3 Å². The Morgan fingerprint density at radius 3 is 2.83 bits per heavy atom. The fraction of sp³-hybridized carbons (Fsp3) is 0.485. The molecule has 4 aliphatic heterocycles. The summed E-state index contributed by atoms with van der Waals surface area (Å²) in [5.41, 5.74) is 2.13. The Bertz CT molecular complexity index is 1630. The lowest BCUT2D eigenvalue weighted by molar-refractivity contribution is 0.111. The van der Waals surface area contributed by atoms with Gasteiger partial charge in [0.25, 0.3) is 0 Å². The van der Waals surface area contributed by atoms with Gasteiger partial charge in [-0.3, -0.25) is 4.90 Å². The van der Waals surface area contributed by atoms with Crippen LogP contribution in [0.5, 0.6) is 11.6 Å². The summed E-state index contributed by atoms with van der Waals surface area (Å²) in [6.45, 7) is 6.01. The summed E-state index contributed by atoms with van der Waals surface area (Å²) in [6.07, 6.45) is 5.19. The first-order valence-electron chi connectivity index (χ1n) is 15.2. The van der Waals surface area contributed by atoms with E-state index in [1.54, 1.807) is 11.3 Å². The van der Waals surface area contributed by atoms with E-state index in [1.165, 1.54) is 23.8 Å². The number of hydrogen-bond acceptors (Lipinski definition) is 7. The summed E-state index contributed by atoms with van der Waals surface area (Å²) < 4.78 is 22.1. The van der Waals surface area contributed by atoms with Crippen molar-refractivity contribution in [3.8, 4) is 22.1 Å². The molecule has 0 saturated carbocycles. The van der Waals surface area contributed by atoms with Gasteiger partial charge in [0.2, 0.25) is 5.88 Å². The Labute approximate surface area is 244 Å². The summed E-state index contributed by atoms with van der Waals surface area (Å²) >= 11 is 1.74. The van der Waals surface area contributed by atoms with Crippen LogP contribution < -0.4 is 15.0 Å². The van der Waals surface area contributed by atoms with Gasteiger partial charge in [-0.2, -0.15) is 4.98 Å². The van der Waals surface area contributed by atoms with Crippen molar-refractivity contribution in [3.63, 3.8) is 0 Å². The number of thiophene rings is 1. The van der Waals surface area contributed by atoms with Crippen LogP contribution in [0.2, 0.25) is 0 Å². The lowest BCUT2D eigenvalue weighted by Crippen LogP contribution is -2.51. The number of piperazine rings is 1. The van der Waals surface area contributed by atoms with Crippen molar-refractivity contribution in [1.29, 1.82) is 0 Å². The van der Waals surface area contributed by atoms with Crippen LogP contribution in [-0.4, -0.2) is 71.6 Å². The van der Waals surface area contributed by atoms with Crippen LogP contribution >= 0.6 is 11.3 Å². The molecule has 8 rings (SSSR count). The molecule has 0 aliphatic carbocycles. The number of rotatable bonds is 6. The van der Waals surface area contributed by atoms with Crippen molar-refractivity contribution in [1.82, 2.24) is 15.2 Å². The first-order chi connectivity index (χ1) is 20.0. The number of anilines is 1. The molecule has 4 saturated heterocycles. The van der Waals surface area contributed by atoms with Gasteiger partial charge < -0.3 is 20.1 Å². The average Bonchev–Trinajstić information content (AvgIpc) is 3.72. The second-order valence-electron chi connectivity index (χ2n) is 12.6. The molecular formula is C33H37FN4O2S. The molecule has 0 spiro atoms. The van der Waals surface area contributed by atoms with Gasteiger partial charge in [-0.25, -0.2) is 4.39 Å². The minimum atomic E-state index is -0.772. The monoisotopic (exact) mass is 572 g/mol. The number of hydrogen-bond donors (Lipinski definition) is 2. The molecule has 2 N–H and O–H groups in total. The standard InChI is InChI=1S/C33H37FN4O2S/c1-2-20-5-3-6-21-11-25(39)12-26(31(20)21)28-13-27-29(41-28)14-30(36-32(27)37-17-23-7-8-24(18-37)35-23)40-19-33-9-4-10-38(33)16-22(34)15-33/h3,5-6,11-14,22-24,35,39H,2,4,7-10,15-19H2,1H3/t22-,23?,24?,33+/m1/s1. The van der Waals surface area contributed by atoms with Crippen LogP contribution in [0.15, 0.2) is 42.5 Å². The summed E-state index contributed by atoms with van der Waals surface area (Å²) in [5, 5.41) is 17.8. The maximum absolute atomic E-state index is 14.4. The summed E-state index contributed by atoms with van der Waals surface area (Å²) in [6, 6.07) is 15.4. The molecule has 6 heterocycles. The number of ether oxygens (including phenoxy) is 1. The summed E-state index contributed by atoms with van der Waals surface area (Å²) in [7, 11) is 0. The number of aromatic nitrogens is 1. The molecule has 8 heteroatoms. The number of nitrogens with one attached hydrogen (secondary N) is 1. The lowest BCUT2D eigenvalue weighted by Gasteiger charge is -2.34. The molecule has 4 fully saturated rings. The van der Waals surface area contributed by atoms with Crippen molar-refractivity contribution in [2.24, 2.45) is 0 Å². The highest BCUT2D eigenvalue weighted by atomic mass is 32.1. The topological polar surface area (TPSA) is 60.9 Å². The van der Waals surface area contributed by atoms with Crippen LogP contribution in [0.1, 0.15) is 44.6 Å². The molecular weight excluding hydrogens is 535 g/mol. The van der Waals surface area contributed by atoms with E-state index in [2.05, 4.69) is 52.4 Å². The fourth-order valence-corrected chi connectivity index (χ4v) is 9.15. The Morgan fingerprint density at radius 2 is 2.00 bits per heavy atom. The minimum Gasteiger partial charge on any atom is -0.508 e. The van der Waals surface area contributed by atoms with E-state index in [1.807, 2.05) is 12.1 Å². The lowest BCUT2D eigenvalue weighted by atomic mass is 9.95. The van der Waals surface area contributed by atoms with Crippen LogP contribution in [0.3, 0.4) is 0 Å². The molecule has 2 unspecified atom stereocenters. The van der Waals surface area contributed by atoms with Crippen molar-refractivity contribution in [2.45, 2.75) is 69.2 Å². The SMILES string of the molecule is CCc1cccc2cc(O)cc(-c3cc4c(N5CC6CCC(C5)N6)nc(OC[C@@]56CCCN5C[C@H](F)C6)cc4s3)c12. The average molecular weight is 573 g/mol. The third kappa shape index (κ3) is 4.37. The molecule has 4 aliphatic rings. The van der Waals surface area contributed by atoms with Crippen LogP contribution in [0.25, 0.3) is 31.3 Å². The zero-order valence-electron chi connectivity index (χ0n) is 23.5. The van der Waals surface area contributed by atoms with Gasteiger partial charge in [0.05, 0.1) is 5.54 Å². The van der Waals surface area contributed by atoms with Gasteiger partial charge in [0.15, 0.2) is 0 Å². The van der Waals surface area contributed by atoms with Crippen molar-refractivity contribution in [3.05, 3.63) is 48.0 Å². The molecule has 0 radical (unpaired) electrons. The van der Waals surface area contributed by atoms with Gasteiger partial charge in [-0.1, -0.05) is 25.1 Å². The molecule has 41 heavy (non-hydrogen) atoms. The van der Waals surface area contributed by atoms with Crippen LogP contribution in [-0.2, 0) is 6.42 Å². The molecule has 6 nitrogen and oxygen atoms in total. The Kier molecular flexibility index (Phi) is 6.16. The van der Waals surface area contributed by atoms with E-state index in [4.69, 9.17) is 9.72 Å². The molecule has 0 amide bonds. The fourth-order valence-electron chi connectivity index (χ4n) is 8.05. The zero-order valence-corrected chi connectivity index (χ0v) is 24.4. The van der Waals surface area contributed by atoms with E-state index >= 15 is 0 Å². The first-order valence-corrected chi connectivity index (χ1v) is 16.0. The number of phenolic OH excluding ortho intramolecular Hbond substituents is 1. The number of pyridine rings is 1. The number of nitrogens with zero attached hydrogens (tertiary/aromatic N) is 3. The molecule has 2 bridgehead atoms. The van der Waals surface area contributed by atoms with Gasteiger partial charge >= 0.3 is 0 Å². The second kappa shape index (κ2) is 9.82. The van der Waals surface area contributed by atoms with E-state index < -0.39 is 6.17 Å². The number of alkyl halides is 1. The molecule has 214 valence electrons. The predicted molar refractivity (Wildman–Crippen MR) is 164 cm³/mol. The van der Waals surface area contributed by atoms with Gasteiger partial charge in [-0.05, 0) is 73.2 Å². The second-order valence-corrected chi connectivity index (χ2v) is 13.7. The summed E-state index contributed by atoms with van der Waals surface area (Å²) in [5.74, 6) is 1.89. The smallest absolute Gasteiger partial charge is 0.216 e. The molecule has 4 aromatic rings. The van der Waals surface area contributed by atoms with Crippen LogP contribution in [0.4, 0.5) is 10.2 Å². The number of benzene rings is 2. The minimum absolute atomic E-state index is 0.206. The van der Waals surface area contributed by atoms with E-state index in [-0.39, 0.29) is 11.3 Å². The van der Waals surface area contributed by atoms with Crippen molar-refractivity contribution in [2.75, 3.05) is 37.7 Å². The maximum atomic E-state index is 14.4. The number of phenols is 1. The maximum Gasteiger partial charge on any atom is 0.216 e. The largest absolute Gasteiger partial charge is 0.508 e. The Morgan fingerprint density at radius 1 is 1.15 bits per heavy atom. The highest BCUT2D eigenvalue weighted by Crippen LogP contribution is 2.45. The summed E-state index contributed by atoms with van der Waals surface area (Å²) in [4.78, 5) is 11.0. The first kappa shape index (κ1) is 25.7. The quantitative estimate of drug-likeness (QED) is 0.284. The Balaban J connectivity index is 1.23. The third-order valence-electron chi connectivity index (χ3n) is 9.93. The van der Waals surface area contributed by atoms with Gasteiger partial charge in [0.1, 0.15) is 24.3 Å². The number of aryl methyl sites for hydroxylation is 1. The highest BCUT2D eigenvalue weighted by molar-refractivity contribution is 7.22. The van der Waals surface area contributed by atoms with Crippen molar-refractivity contribution >= 4 is 38.0 Å². The predicted octanol–water partition coefficient (Wildman–Crippen LogP) is 6.28. The molecule has 4 atom stereocenters. The van der Waals surface area contributed by atoms with E-state index in [0.717, 1.165) is 70.6 Å². The highest BCUT2D eigenvalue weighted by Gasteiger charge is 2.49. The number of fused-ring (bicyclic) bond motifs is 5. The zero-order chi connectivity index (χ0) is 27.7. The third-order valence-corrected chi connectivity index (χ3v) is 11.0. The number of aromatic hydroxyl groups is 1. The molecule has 2 aromatic carbocycles. The number of halogens is 1. The van der Waals surface area contributed by atoms with E-state index in [0.29, 0.717) is 37.5 Å². The molecule has 2 aromatic heterocycles.